The number of hydrogen-bond donors (Lipinski definition) is 0. The van der Waals surface area contributed by atoms with Crippen LogP contribution in [0.2, 0.25) is 0 Å². The Morgan fingerprint density at radius 1 is 1.13 bits per heavy atom. The van der Waals surface area contributed by atoms with E-state index in [2.05, 4.69) is 11.1 Å². The maximum absolute atomic E-state index is 8.87. The minimum Gasteiger partial charge on any atom is -0.497 e. The van der Waals surface area contributed by atoms with Crippen molar-refractivity contribution in [1.82, 2.24) is 4.98 Å². The number of hydrogen-bond acceptors (Lipinski definition) is 5. The lowest BCUT2D eigenvalue weighted by Crippen LogP contribution is -1.96. The standard InChI is InChI=1S/C18H14N2O3/c1-21-16-7-5-14(6-8-16)18-20-15(12-23-18)11-22-17-4-2-3-13(9-17)10-19/h2-9,12H,11H2,1H3. The van der Waals surface area contributed by atoms with Gasteiger partial charge in [-0.05, 0) is 42.5 Å². The average molecular weight is 306 g/mol. The normalized spacial score (nSPS) is 10.1. The van der Waals surface area contributed by atoms with Gasteiger partial charge < -0.3 is 13.9 Å². The number of nitriles is 1. The molecule has 0 bridgehead atoms. The van der Waals surface area contributed by atoms with Crippen molar-refractivity contribution in [2.24, 2.45) is 0 Å². The first kappa shape index (κ1) is 14.7. The van der Waals surface area contributed by atoms with Crippen LogP contribution in [-0.2, 0) is 6.61 Å². The van der Waals surface area contributed by atoms with Crippen LogP contribution in [0.25, 0.3) is 11.5 Å². The fourth-order valence-corrected chi connectivity index (χ4v) is 2.05. The molecule has 0 radical (unpaired) electrons. The molecule has 0 N–H and O–H groups in total. The summed E-state index contributed by atoms with van der Waals surface area (Å²) in [4.78, 5) is 4.40. The van der Waals surface area contributed by atoms with Crippen molar-refractivity contribution in [3.05, 3.63) is 66.1 Å². The largest absolute Gasteiger partial charge is 0.497 e. The van der Waals surface area contributed by atoms with E-state index in [1.807, 2.05) is 24.3 Å². The lowest BCUT2D eigenvalue weighted by Gasteiger charge is -2.03. The van der Waals surface area contributed by atoms with E-state index in [0.717, 1.165) is 11.3 Å². The van der Waals surface area contributed by atoms with E-state index in [9.17, 15) is 0 Å². The minimum absolute atomic E-state index is 0.272. The van der Waals surface area contributed by atoms with E-state index < -0.39 is 0 Å². The van der Waals surface area contributed by atoms with E-state index in [1.54, 1.807) is 37.6 Å². The van der Waals surface area contributed by atoms with Crippen LogP contribution in [0.3, 0.4) is 0 Å². The number of nitrogens with zero attached hydrogens (tertiary/aromatic N) is 2. The Kier molecular flexibility index (Phi) is 4.25. The van der Waals surface area contributed by atoms with Crippen molar-refractivity contribution in [3.63, 3.8) is 0 Å². The molecule has 0 fully saturated rings. The Balaban J connectivity index is 1.68. The van der Waals surface area contributed by atoms with E-state index in [0.29, 0.717) is 22.9 Å². The molecule has 2 aromatic carbocycles. The summed E-state index contributed by atoms with van der Waals surface area (Å²) < 4.78 is 16.2. The quantitative estimate of drug-likeness (QED) is 0.717. The molecule has 0 aliphatic rings. The molecule has 0 amide bonds. The van der Waals surface area contributed by atoms with Crippen molar-refractivity contribution < 1.29 is 13.9 Å². The van der Waals surface area contributed by atoms with Gasteiger partial charge in [-0.3, -0.25) is 0 Å². The van der Waals surface area contributed by atoms with Crippen LogP contribution < -0.4 is 9.47 Å². The molecule has 1 heterocycles. The predicted molar refractivity (Wildman–Crippen MR) is 84.0 cm³/mol. The molecule has 5 heteroatoms. The third kappa shape index (κ3) is 3.50. The van der Waals surface area contributed by atoms with Crippen LogP contribution >= 0.6 is 0 Å². The molecule has 3 aromatic rings. The molecular weight excluding hydrogens is 292 g/mol. The monoisotopic (exact) mass is 306 g/mol. The van der Waals surface area contributed by atoms with Gasteiger partial charge in [0.1, 0.15) is 30.1 Å². The first-order chi connectivity index (χ1) is 11.3. The van der Waals surface area contributed by atoms with Gasteiger partial charge in [-0.25, -0.2) is 4.98 Å². The number of benzene rings is 2. The maximum Gasteiger partial charge on any atom is 0.226 e. The Labute approximate surface area is 133 Å². The van der Waals surface area contributed by atoms with Gasteiger partial charge in [0.2, 0.25) is 5.89 Å². The van der Waals surface area contributed by atoms with E-state index >= 15 is 0 Å². The maximum atomic E-state index is 8.87. The van der Waals surface area contributed by atoms with Crippen LogP contribution in [0.5, 0.6) is 11.5 Å². The molecule has 0 spiro atoms. The van der Waals surface area contributed by atoms with Gasteiger partial charge in [0, 0.05) is 5.56 Å². The number of rotatable bonds is 5. The van der Waals surface area contributed by atoms with E-state index in [1.165, 1.54) is 0 Å². The summed E-state index contributed by atoms with van der Waals surface area (Å²) in [5.74, 6) is 1.93. The van der Waals surface area contributed by atoms with Gasteiger partial charge >= 0.3 is 0 Å². The topological polar surface area (TPSA) is 68.3 Å². The third-order valence-electron chi connectivity index (χ3n) is 3.24. The van der Waals surface area contributed by atoms with Crippen molar-refractivity contribution >= 4 is 0 Å². The van der Waals surface area contributed by atoms with Gasteiger partial charge in [0.15, 0.2) is 0 Å². The highest BCUT2D eigenvalue weighted by molar-refractivity contribution is 5.54. The molecular formula is C18H14N2O3. The summed E-state index contributed by atoms with van der Waals surface area (Å²) in [5, 5.41) is 8.87. The number of methoxy groups -OCH3 is 1. The molecule has 0 aliphatic heterocycles. The number of ether oxygens (including phenoxy) is 2. The molecule has 0 aliphatic carbocycles. The summed E-state index contributed by atoms with van der Waals surface area (Å²) in [6.07, 6.45) is 1.56. The summed E-state index contributed by atoms with van der Waals surface area (Å²) in [7, 11) is 1.62. The highest BCUT2D eigenvalue weighted by Gasteiger charge is 2.08. The van der Waals surface area contributed by atoms with E-state index in [-0.39, 0.29) is 6.61 Å². The first-order valence-corrected chi connectivity index (χ1v) is 7.00. The number of aromatic nitrogens is 1. The lowest BCUT2D eigenvalue weighted by molar-refractivity contribution is 0.301. The molecule has 0 unspecified atom stereocenters. The Morgan fingerprint density at radius 3 is 2.70 bits per heavy atom. The first-order valence-electron chi connectivity index (χ1n) is 7.00. The molecule has 1 aromatic heterocycles. The second kappa shape index (κ2) is 6.67. The summed E-state index contributed by atoms with van der Waals surface area (Å²) >= 11 is 0. The van der Waals surface area contributed by atoms with Gasteiger partial charge in [-0.15, -0.1) is 0 Å². The molecule has 114 valence electrons. The van der Waals surface area contributed by atoms with E-state index in [4.69, 9.17) is 19.2 Å². The molecule has 0 saturated heterocycles. The van der Waals surface area contributed by atoms with Gasteiger partial charge in [0.25, 0.3) is 0 Å². The fraction of sp³-hybridized carbons (Fsp3) is 0.111. The second-order valence-corrected chi connectivity index (χ2v) is 4.80. The predicted octanol–water partition coefficient (Wildman–Crippen LogP) is 3.80. The molecule has 0 saturated carbocycles. The van der Waals surface area contributed by atoms with Crippen molar-refractivity contribution in [2.75, 3.05) is 7.11 Å². The smallest absolute Gasteiger partial charge is 0.226 e. The molecule has 23 heavy (non-hydrogen) atoms. The fourth-order valence-electron chi connectivity index (χ4n) is 2.05. The van der Waals surface area contributed by atoms with Crippen molar-refractivity contribution in [1.29, 1.82) is 5.26 Å². The molecule has 5 nitrogen and oxygen atoms in total. The summed E-state index contributed by atoms with van der Waals surface area (Å²) in [6, 6.07) is 16.5. The Morgan fingerprint density at radius 2 is 1.96 bits per heavy atom. The summed E-state index contributed by atoms with van der Waals surface area (Å²) in [6.45, 7) is 0.272. The van der Waals surface area contributed by atoms with Crippen LogP contribution in [0.1, 0.15) is 11.3 Å². The highest BCUT2D eigenvalue weighted by Crippen LogP contribution is 2.22. The van der Waals surface area contributed by atoms with Crippen LogP contribution in [0.15, 0.2) is 59.2 Å². The molecule has 3 rings (SSSR count). The SMILES string of the molecule is COc1ccc(-c2nc(COc3cccc(C#N)c3)co2)cc1. The zero-order chi connectivity index (χ0) is 16.1. The third-order valence-corrected chi connectivity index (χ3v) is 3.24. The van der Waals surface area contributed by atoms with Gasteiger partial charge in [0.05, 0.1) is 18.7 Å². The highest BCUT2D eigenvalue weighted by atomic mass is 16.5. The Hall–Kier alpha value is -3.26. The summed E-state index contributed by atoms with van der Waals surface area (Å²) in [5.41, 5.74) is 2.10. The van der Waals surface area contributed by atoms with Crippen LogP contribution in [0.4, 0.5) is 0 Å². The minimum atomic E-state index is 0.272. The lowest BCUT2D eigenvalue weighted by atomic mass is 10.2. The van der Waals surface area contributed by atoms with Crippen LogP contribution in [0, 0.1) is 11.3 Å². The molecule has 0 atom stereocenters. The average Bonchev–Trinajstić information content (AvgIpc) is 3.09. The van der Waals surface area contributed by atoms with Gasteiger partial charge in [-0.2, -0.15) is 5.26 Å². The Bertz CT molecular complexity index is 832. The zero-order valence-corrected chi connectivity index (χ0v) is 12.5. The second-order valence-electron chi connectivity index (χ2n) is 4.80. The zero-order valence-electron chi connectivity index (χ0n) is 12.5. The van der Waals surface area contributed by atoms with Crippen molar-refractivity contribution in [3.8, 4) is 29.0 Å². The van der Waals surface area contributed by atoms with Crippen molar-refractivity contribution in [2.45, 2.75) is 6.61 Å². The van der Waals surface area contributed by atoms with Crippen LogP contribution in [-0.4, -0.2) is 12.1 Å². The van der Waals surface area contributed by atoms with Gasteiger partial charge in [-0.1, -0.05) is 6.07 Å². The number of oxazole rings is 1.